The minimum absolute atomic E-state index is 0.0738. The summed E-state index contributed by atoms with van der Waals surface area (Å²) in [6.07, 6.45) is 0. The minimum Gasteiger partial charge on any atom is -0.366 e. The molecule has 5 rings (SSSR count). The van der Waals surface area contributed by atoms with Gasteiger partial charge in [-0.3, -0.25) is 9.69 Å². The van der Waals surface area contributed by atoms with Crippen molar-refractivity contribution in [3.63, 3.8) is 0 Å². The van der Waals surface area contributed by atoms with Gasteiger partial charge in [0.1, 0.15) is 28.9 Å². The number of aryl methyl sites for hydroxylation is 1. The maximum absolute atomic E-state index is 13.0. The van der Waals surface area contributed by atoms with E-state index in [4.69, 9.17) is 0 Å². The Morgan fingerprint density at radius 2 is 1.67 bits per heavy atom. The molecule has 178 valence electrons. The molecule has 3 heterocycles. The number of rotatable bonds is 4. The SMILES string of the molecule is C[C@@H]1CN(c2c(C#N)c(=O)n(C)c3ccc(C#N)nc23)CCN1Cc1ccc(-c2ccccc2)cc1. The number of benzene rings is 2. The molecular formula is C29H26N6O. The van der Waals surface area contributed by atoms with Crippen LogP contribution in [0.5, 0.6) is 0 Å². The molecule has 0 aliphatic carbocycles. The molecule has 7 nitrogen and oxygen atoms in total. The van der Waals surface area contributed by atoms with Crippen molar-refractivity contribution in [3.05, 3.63) is 93.9 Å². The first-order valence-electron chi connectivity index (χ1n) is 12.0. The molecule has 0 spiro atoms. The van der Waals surface area contributed by atoms with E-state index in [1.54, 1.807) is 19.2 Å². The van der Waals surface area contributed by atoms with E-state index < -0.39 is 0 Å². The molecule has 2 aromatic heterocycles. The first kappa shape index (κ1) is 23.3. The number of hydrogen-bond donors (Lipinski definition) is 0. The number of pyridine rings is 2. The van der Waals surface area contributed by atoms with Gasteiger partial charge in [-0.25, -0.2) is 4.98 Å². The Kier molecular flexibility index (Phi) is 6.25. The fraction of sp³-hybridized carbons (Fsp3) is 0.241. The first-order valence-corrected chi connectivity index (χ1v) is 12.0. The Bertz CT molecular complexity index is 1560. The molecule has 1 fully saturated rings. The zero-order chi connectivity index (χ0) is 25.2. The van der Waals surface area contributed by atoms with E-state index in [0.717, 1.165) is 13.1 Å². The van der Waals surface area contributed by atoms with E-state index >= 15 is 0 Å². The smallest absolute Gasteiger partial charge is 0.270 e. The van der Waals surface area contributed by atoms with Crippen molar-refractivity contribution in [1.29, 1.82) is 10.5 Å². The second-order valence-corrected chi connectivity index (χ2v) is 9.20. The van der Waals surface area contributed by atoms with E-state index in [0.29, 0.717) is 29.8 Å². The van der Waals surface area contributed by atoms with Crippen LogP contribution in [0.4, 0.5) is 5.69 Å². The summed E-state index contributed by atoms with van der Waals surface area (Å²) in [6, 6.07) is 26.7. The average Bonchev–Trinajstić information content (AvgIpc) is 2.92. The van der Waals surface area contributed by atoms with Gasteiger partial charge in [-0.1, -0.05) is 54.6 Å². The third kappa shape index (κ3) is 4.22. The van der Waals surface area contributed by atoms with Crippen LogP contribution < -0.4 is 10.5 Å². The summed E-state index contributed by atoms with van der Waals surface area (Å²) in [5.74, 6) is 0. The summed E-state index contributed by atoms with van der Waals surface area (Å²) in [5, 5.41) is 19.2. The maximum Gasteiger partial charge on any atom is 0.270 e. The van der Waals surface area contributed by atoms with Gasteiger partial charge in [0.15, 0.2) is 0 Å². The summed E-state index contributed by atoms with van der Waals surface area (Å²) in [4.78, 5) is 22.0. The minimum atomic E-state index is -0.347. The molecule has 1 saturated heterocycles. The van der Waals surface area contributed by atoms with Crippen LogP contribution >= 0.6 is 0 Å². The third-order valence-corrected chi connectivity index (χ3v) is 6.97. The Morgan fingerprint density at radius 1 is 0.944 bits per heavy atom. The molecule has 0 bridgehead atoms. The first-order chi connectivity index (χ1) is 17.5. The van der Waals surface area contributed by atoms with Crippen LogP contribution in [0.3, 0.4) is 0 Å². The highest BCUT2D eigenvalue weighted by atomic mass is 16.1. The lowest BCUT2D eigenvalue weighted by Gasteiger charge is -2.41. The van der Waals surface area contributed by atoms with Gasteiger partial charge in [-0.15, -0.1) is 0 Å². The van der Waals surface area contributed by atoms with Crippen molar-refractivity contribution in [3.8, 4) is 23.3 Å². The highest BCUT2D eigenvalue weighted by molar-refractivity contribution is 5.92. The van der Waals surface area contributed by atoms with Crippen LogP contribution in [0.15, 0.2) is 71.5 Å². The Hall–Kier alpha value is -4.46. The Balaban J connectivity index is 1.40. The number of piperazine rings is 1. The predicted octanol–water partition coefficient (Wildman–Crippen LogP) is 4.05. The van der Waals surface area contributed by atoms with Crippen LogP contribution in [-0.2, 0) is 13.6 Å². The Labute approximate surface area is 210 Å². The van der Waals surface area contributed by atoms with Crippen LogP contribution in [0.1, 0.15) is 23.7 Å². The molecule has 1 aliphatic rings. The quantitative estimate of drug-likeness (QED) is 0.443. The highest BCUT2D eigenvalue weighted by Gasteiger charge is 2.29. The standard InChI is InChI=1S/C29H26N6O/c1-20-18-35(28-25(17-31)29(36)33(2)26-13-12-24(16-30)32-27(26)28)15-14-34(20)19-21-8-10-23(11-9-21)22-6-4-3-5-7-22/h3-13,20H,14-15,18-19H2,1-2H3/t20-/m1/s1. The predicted molar refractivity (Wildman–Crippen MR) is 140 cm³/mol. The zero-order valence-corrected chi connectivity index (χ0v) is 20.3. The van der Waals surface area contributed by atoms with Crippen LogP contribution in [0.25, 0.3) is 22.2 Å². The lowest BCUT2D eigenvalue weighted by atomic mass is 10.0. The summed E-state index contributed by atoms with van der Waals surface area (Å²) in [6.45, 7) is 5.07. The summed E-state index contributed by atoms with van der Waals surface area (Å²) in [7, 11) is 1.63. The Morgan fingerprint density at radius 3 is 2.33 bits per heavy atom. The van der Waals surface area contributed by atoms with E-state index in [9.17, 15) is 15.3 Å². The lowest BCUT2D eigenvalue weighted by molar-refractivity contribution is 0.181. The second kappa shape index (κ2) is 9.65. The van der Waals surface area contributed by atoms with Crippen LogP contribution in [-0.4, -0.2) is 40.1 Å². The van der Waals surface area contributed by atoms with Crippen LogP contribution in [0, 0.1) is 22.7 Å². The topological polar surface area (TPSA) is 88.9 Å². The van der Waals surface area contributed by atoms with Crippen molar-refractivity contribution in [2.75, 3.05) is 24.5 Å². The fourth-order valence-corrected chi connectivity index (χ4v) is 4.97. The monoisotopic (exact) mass is 474 g/mol. The molecule has 0 radical (unpaired) electrons. The van der Waals surface area contributed by atoms with Crippen molar-refractivity contribution in [1.82, 2.24) is 14.5 Å². The number of nitrogens with zero attached hydrogens (tertiary/aromatic N) is 6. The molecule has 1 aliphatic heterocycles. The second-order valence-electron chi connectivity index (χ2n) is 9.20. The number of anilines is 1. The van der Waals surface area contributed by atoms with Gasteiger partial charge < -0.3 is 9.47 Å². The van der Waals surface area contributed by atoms with Gasteiger partial charge in [0.25, 0.3) is 5.56 Å². The van der Waals surface area contributed by atoms with E-state index in [-0.39, 0.29) is 22.9 Å². The van der Waals surface area contributed by atoms with Crippen molar-refractivity contribution >= 4 is 16.7 Å². The van der Waals surface area contributed by atoms with Gasteiger partial charge in [-0.2, -0.15) is 10.5 Å². The number of nitriles is 2. The lowest BCUT2D eigenvalue weighted by Crippen LogP contribution is -2.52. The number of hydrogen-bond acceptors (Lipinski definition) is 6. The molecule has 7 heteroatoms. The summed E-state index contributed by atoms with van der Waals surface area (Å²) >= 11 is 0. The normalized spacial score (nSPS) is 16.0. The maximum atomic E-state index is 13.0. The van der Waals surface area contributed by atoms with Gasteiger partial charge in [0.2, 0.25) is 0 Å². The van der Waals surface area contributed by atoms with Gasteiger partial charge in [-0.05, 0) is 35.7 Å². The van der Waals surface area contributed by atoms with Gasteiger partial charge in [0, 0.05) is 39.3 Å². The van der Waals surface area contributed by atoms with E-state index in [1.165, 1.54) is 21.3 Å². The van der Waals surface area contributed by atoms with Gasteiger partial charge in [0.05, 0.1) is 11.2 Å². The number of fused-ring (bicyclic) bond motifs is 1. The van der Waals surface area contributed by atoms with E-state index in [2.05, 4.69) is 70.2 Å². The molecule has 2 aromatic carbocycles. The molecule has 1 atom stereocenters. The van der Waals surface area contributed by atoms with Crippen molar-refractivity contribution in [2.45, 2.75) is 19.5 Å². The molecule has 0 unspecified atom stereocenters. The van der Waals surface area contributed by atoms with Crippen LogP contribution in [0.2, 0.25) is 0 Å². The molecule has 0 saturated carbocycles. The molecule has 36 heavy (non-hydrogen) atoms. The average molecular weight is 475 g/mol. The van der Waals surface area contributed by atoms with Crippen molar-refractivity contribution < 1.29 is 0 Å². The largest absolute Gasteiger partial charge is 0.366 e. The molecule has 0 N–H and O–H groups in total. The fourth-order valence-electron chi connectivity index (χ4n) is 4.97. The summed E-state index contributed by atoms with van der Waals surface area (Å²) in [5.41, 5.74) is 5.29. The summed E-state index contributed by atoms with van der Waals surface area (Å²) < 4.78 is 1.43. The van der Waals surface area contributed by atoms with Crippen molar-refractivity contribution in [2.24, 2.45) is 7.05 Å². The molecule has 4 aromatic rings. The third-order valence-electron chi connectivity index (χ3n) is 6.97. The highest BCUT2D eigenvalue weighted by Crippen LogP contribution is 2.30. The number of aromatic nitrogens is 2. The molecular weight excluding hydrogens is 448 g/mol. The van der Waals surface area contributed by atoms with Gasteiger partial charge >= 0.3 is 0 Å². The molecule has 0 amide bonds. The van der Waals surface area contributed by atoms with E-state index in [1.807, 2.05) is 18.2 Å². The zero-order valence-electron chi connectivity index (χ0n) is 20.3.